The van der Waals surface area contributed by atoms with Gasteiger partial charge in [-0.15, -0.1) is 5.10 Å². The van der Waals surface area contributed by atoms with Gasteiger partial charge in [-0.25, -0.2) is 4.68 Å². The van der Waals surface area contributed by atoms with Crippen LogP contribution < -0.4 is 0 Å². The molecule has 3 unspecified atom stereocenters. The number of nitrogens with zero attached hydrogens (tertiary/aromatic N) is 3. The fraction of sp³-hybridized carbons (Fsp3) is 0.438. The van der Waals surface area contributed by atoms with Gasteiger partial charge in [0, 0.05) is 5.92 Å². The van der Waals surface area contributed by atoms with Crippen LogP contribution in [-0.4, -0.2) is 20.8 Å². The van der Waals surface area contributed by atoms with Crippen LogP contribution in [0.15, 0.2) is 36.5 Å². The first-order valence-corrected chi connectivity index (χ1v) is 7.33. The van der Waals surface area contributed by atoms with Crippen molar-refractivity contribution in [3.63, 3.8) is 0 Å². The van der Waals surface area contributed by atoms with Crippen molar-refractivity contribution >= 4 is 5.78 Å². The van der Waals surface area contributed by atoms with Crippen molar-refractivity contribution in [2.45, 2.75) is 25.7 Å². The van der Waals surface area contributed by atoms with Crippen LogP contribution in [0.3, 0.4) is 0 Å². The molecule has 102 valence electrons. The number of aromatic nitrogens is 3. The molecule has 0 amide bonds. The second-order valence-electron chi connectivity index (χ2n) is 6.01. The van der Waals surface area contributed by atoms with Crippen LogP contribution in [0, 0.1) is 17.8 Å². The molecule has 0 spiro atoms. The Balaban J connectivity index is 1.67. The Kier molecular flexibility index (Phi) is 2.69. The zero-order chi connectivity index (χ0) is 13.5. The maximum atomic E-state index is 12.8. The number of carbonyl (C=O) groups is 1. The van der Waals surface area contributed by atoms with Gasteiger partial charge >= 0.3 is 0 Å². The van der Waals surface area contributed by atoms with E-state index < -0.39 is 0 Å². The minimum Gasteiger partial charge on any atom is -0.292 e. The highest BCUT2D eigenvalue weighted by Gasteiger charge is 2.44. The SMILES string of the molecule is O=C(c1cnnn1-c1ccccc1)C1CC2CCC1C2. The van der Waals surface area contributed by atoms with E-state index in [-0.39, 0.29) is 11.7 Å². The van der Waals surface area contributed by atoms with Crippen LogP contribution in [0.25, 0.3) is 5.69 Å². The lowest BCUT2D eigenvalue weighted by Gasteiger charge is -2.20. The molecule has 0 aliphatic heterocycles. The van der Waals surface area contributed by atoms with Crippen molar-refractivity contribution in [2.24, 2.45) is 17.8 Å². The monoisotopic (exact) mass is 267 g/mol. The molecule has 2 aliphatic carbocycles. The standard InChI is InChI=1S/C16H17N3O/c20-16(14-9-11-6-7-12(14)8-11)15-10-17-18-19(15)13-4-2-1-3-5-13/h1-5,10-12,14H,6-9H2. The highest BCUT2D eigenvalue weighted by molar-refractivity contribution is 5.97. The Labute approximate surface area is 117 Å². The van der Waals surface area contributed by atoms with Crippen molar-refractivity contribution in [3.05, 3.63) is 42.2 Å². The molecule has 1 aromatic heterocycles. The molecule has 0 N–H and O–H groups in total. The minimum absolute atomic E-state index is 0.190. The Morgan fingerprint density at radius 2 is 2.00 bits per heavy atom. The molecule has 0 saturated heterocycles. The molecule has 4 rings (SSSR count). The van der Waals surface area contributed by atoms with Crippen molar-refractivity contribution in [1.29, 1.82) is 0 Å². The molecule has 1 heterocycles. The normalized spacial score (nSPS) is 27.9. The number of rotatable bonds is 3. The van der Waals surface area contributed by atoms with Crippen molar-refractivity contribution in [3.8, 4) is 5.69 Å². The van der Waals surface area contributed by atoms with Gasteiger partial charge in [-0.2, -0.15) is 0 Å². The summed E-state index contributed by atoms with van der Waals surface area (Å²) < 4.78 is 1.67. The van der Waals surface area contributed by atoms with Gasteiger partial charge < -0.3 is 0 Å². The molecule has 2 fully saturated rings. The summed E-state index contributed by atoms with van der Waals surface area (Å²) in [6, 6.07) is 9.75. The van der Waals surface area contributed by atoms with Crippen LogP contribution in [-0.2, 0) is 0 Å². The molecule has 2 aromatic rings. The average Bonchev–Trinajstić information content (AvgIpc) is 3.23. The van der Waals surface area contributed by atoms with Gasteiger partial charge in [-0.1, -0.05) is 29.8 Å². The quantitative estimate of drug-likeness (QED) is 0.803. The first kappa shape index (κ1) is 11.8. The highest BCUT2D eigenvalue weighted by atomic mass is 16.1. The van der Waals surface area contributed by atoms with Crippen LogP contribution in [0.1, 0.15) is 36.2 Å². The van der Waals surface area contributed by atoms with Gasteiger partial charge in [0.1, 0.15) is 5.69 Å². The number of hydrogen-bond acceptors (Lipinski definition) is 3. The lowest BCUT2D eigenvalue weighted by atomic mass is 9.84. The predicted octanol–water partition coefficient (Wildman–Crippen LogP) is 2.89. The number of hydrogen-bond donors (Lipinski definition) is 0. The molecule has 2 bridgehead atoms. The highest BCUT2D eigenvalue weighted by Crippen LogP contribution is 2.49. The summed E-state index contributed by atoms with van der Waals surface area (Å²) in [7, 11) is 0. The molecule has 0 radical (unpaired) electrons. The first-order valence-electron chi connectivity index (χ1n) is 7.33. The first-order chi connectivity index (χ1) is 9.83. The molecule has 2 saturated carbocycles. The zero-order valence-electron chi connectivity index (χ0n) is 11.3. The molecule has 4 nitrogen and oxygen atoms in total. The molecular formula is C16H17N3O. The maximum absolute atomic E-state index is 12.8. The number of para-hydroxylation sites is 1. The van der Waals surface area contributed by atoms with Gasteiger partial charge in [-0.3, -0.25) is 4.79 Å². The second-order valence-corrected chi connectivity index (χ2v) is 6.01. The Morgan fingerprint density at radius 3 is 2.70 bits per heavy atom. The number of benzene rings is 1. The van der Waals surface area contributed by atoms with Crippen LogP contribution in [0.5, 0.6) is 0 Å². The molecular weight excluding hydrogens is 250 g/mol. The summed E-state index contributed by atoms with van der Waals surface area (Å²) in [6.07, 6.45) is 6.44. The molecule has 20 heavy (non-hydrogen) atoms. The maximum Gasteiger partial charge on any atom is 0.186 e. The number of fused-ring (bicyclic) bond motifs is 2. The topological polar surface area (TPSA) is 47.8 Å². The lowest BCUT2D eigenvalue weighted by molar-refractivity contribution is 0.0866. The summed E-state index contributed by atoms with van der Waals surface area (Å²) >= 11 is 0. The third kappa shape index (κ3) is 1.79. The Hall–Kier alpha value is -1.97. The number of carbonyl (C=O) groups excluding carboxylic acids is 1. The fourth-order valence-corrected chi connectivity index (χ4v) is 3.92. The van der Waals surface area contributed by atoms with E-state index in [0.717, 1.165) is 18.0 Å². The number of Topliss-reactive ketones (excluding diaryl/α,β-unsaturated/α-hetero) is 1. The number of ketones is 1. The van der Waals surface area contributed by atoms with Gasteiger partial charge in [-0.05, 0) is 43.2 Å². The second kappa shape index (κ2) is 4.54. The van der Waals surface area contributed by atoms with Gasteiger partial charge in [0.2, 0.25) is 0 Å². The minimum atomic E-state index is 0.190. The summed E-state index contributed by atoms with van der Waals surface area (Å²) in [5.41, 5.74) is 1.53. The van der Waals surface area contributed by atoms with Gasteiger partial charge in [0.15, 0.2) is 5.78 Å². The summed E-state index contributed by atoms with van der Waals surface area (Å²) in [5.74, 6) is 1.78. The van der Waals surface area contributed by atoms with Gasteiger partial charge in [0.05, 0.1) is 11.9 Å². The third-order valence-corrected chi connectivity index (χ3v) is 4.88. The van der Waals surface area contributed by atoms with Gasteiger partial charge in [0.25, 0.3) is 0 Å². The summed E-state index contributed by atoms with van der Waals surface area (Å²) in [5, 5.41) is 8.03. The van der Waals surface area contributed by atoms with Crippen molar-refractivity contribution in [1.82, 2.24) is 15.0 Å². The van der Waals surface area contributed by atoms with E-state index >= 15 is 0 Å². The van der Waals surface area contributed by atoms with Crippen molar-refractivity contribution in [2.75, 3.05) is 0 Å². The fourth-order valence-electron chi connectivity index (χ4n) is 3.92. The predicted molar refractivity (Wildman–Crippen MR) is 74.6 cm³/mol. The Bertz CT molecular complexity index is 634. The largest absolute Gasteiger partial charge is 0.292 e. The van der Waals surface area contributed by atoms with E-state index in [1.54, 1.807) is 10.9 Å². The van der Waals surface area contributed by atoms with E-state index in [1.165, 1.54) is 19.3 Å². The summed E-state index contributed by atoms with van der Waals surface area (Å²) in [6.45, 7) is 0. The zero-order valence-corrected chi connectivity index (χ0v) is 11.3. The van der Waals surface area contributed by atoms with Crippen LogP contribution >= 0.6 is 0 Å². The van der Waals surface area contributed by atoms with E-state index in [4.69, 9.17) is 0 Å². The molecule has 3 atom stereocenters. The van der Waals surface area contributed by atoms with Crippen LogP contribution in [0.4, 0.5) is 0 Å². The molecule has 2 aliphatic rings. The van der Waals surface area contributed by atoms with E-state index in [2.05, 4.69) is 10.3 Å². The Morgan fingerprint density at radius 1 is 1.15 bits per heavy atom. The van der Waals surface area contributed by atoms with E-state index in [0.29, 0.717) is 11.6 Å². The van der Waals surface area contributed by atoms with Crippen molar-refractivity contribution < 1.29 is 4.79 Å². The lowest BCUT2D eigenvalue weighted by Crippen LogP contribution is -2.23. The molecule has 4 heteroatoms. The summed E-state index contributed by atoms with van der Waals surface area (Å²) in [4.78, 5) is 12.8. The molecule has 1 aromatic carbocycles. The smallest absolute Gasteiger partial charge is 0.186 e. The van der Waals surface area contributed by atoms with Crippen LogP contribution in [0.2, 0.25) is 0 Å². The van der Waals surface area contributed by atoms with E-state index in [1.807, 2.05) is 30.3 Å². The average molecular weight is 267 g/mol. The third-order valence-electron chi connectivity index (χ3n) is 4.88. The van der Waals surface area contributed by atoms with E-state index in [9.17, 15) is 4.79 Å².